The van der Waals surface area contributed by atoms with Crippen LogP contribution in [0.1, 0.15) is 43.9 Å². The van der Waals surface area contributed by atoms with E-state index in [1.165, 1.54) is 19.2 Å². The van der Waals surface area contributed by atoms with Gasteiger partial charge in [0.2, 0.25) is 5.95 Å². The summed E-state index contributed by atoms with van der Waals surface area (Å²) in [6.07, 6.45) is 11.9. The molecule has 4 heterocycles. The topological polar surface area (TPSA) is 127 Å². The van der Waals surface area contributed by atoms with Crippen molar-refractivity contribution in [2.24, 2.45) is 5.73 Å². The predicted molar refractivity (Wildman–Crippen MR) is 137 cm³/mol. The summed E-state index contributed by atoms with van der Waals surface area (Å²) in [7, 11) is 1.66. The van der Waals surface area contributed by atoms with Gasteiger partial charge in [-0.05, 0) is 62.9 Å². The van der Waals surface area contributed by atoms with Crippen LogP contribution in [-0.4, -0.2) is 48.1 Å². The van der Waals surface area contributed by atoms with Crippen LogP contribution in [0.25, 0.3) is 22.8 Å². The Morgan fingerprint density at radius 2 is 2.08 bits per heavy atom. The van der Waals surface area contributed by atoms with Crippen molar-refractivity contribution in [2.45, 2.75) is 57.4 Å². The summed E-state index contributed by atoms with van der Waals surface area (Å²) < 4.78 is 15.5. The van der Waals surface area contributed by atoms with Crippen LogP contribution in [0.2, 0.25) is 0 Å². The quantitative estimate of drug-likeness (QED) is 0.373. The minimum absolute atomic E-state index is 0.229. The molecule has 4 aromatic rings. The number of nitrogens with two attached hydrogens (primary N) is 1. The van der Waals surface area contributed by atoms with Crippen LogP contribution in [0, 0.1) is 0 Å². The first-order valence-corrected chi connectivity index (χ1v) is 12.5. The van der Waals surface area contributed by atoms with Crippen molar-refractivity contribution in [1.29, 1.82) is 0 Å². The van der Waals surface area contributed by atoms with Gasteiger partial charge in [0.25, 0.3) is 0 Å². The van der Waals surface area contributed by atoms with Crippen molar-refractivity contribution < 1.29 is 14.3 Å². The SMILES string of the molecule is COc1ccc(C2=CC(C)(Cn3c(-n4cccn4)nc4c(CN)ncnc43)ON2)cc1OC1CCCC1. The van der Waals surface area contributed by atoms with Gasteiger partial charge in [0.1, 0.15) is 17.4 Å². The largest absolute Gasteiger partial charge is 0.493 e. The number of aromatic nitrogens is 6. The molecule has 1 aliphatic heterocycles. The highest BCUT2D eigenvalue weighted by Crippen LogP contribution is 2.36. The third kappa shape index (κ3) is 4.40. The summed E-state index contributed by atoms with van der Waals surface area (Å²) in [6, 6.07) is 7.79. The lowest BCUT2D eigenvalue weighted by molar-refractivity contribution is -0.0313. The van der Waals surface area contributed by atoms with Gasteiger partial charge in [0.05, 0.1) is 31.1 Å². The van der Waals surface area contributed by atoms with E-state index in [1.807, 2.05) is 42.0 Å². The highest BCUT2D eigenvalue weighted by Gasteiger charge is 2.34. The highest BCUT2D eigenvalue weighted by molar-refractivity contribution is 5.75. The lowest BCUT2D eigenvalue weighted by atomic mass is 10.0. The Labute approximate surface area is 214 Å². The van der Waals surface area contributed by atoms with Crippen molar-refractivity contribution >= 4 is 16.9 Å². The molecule has 0 spiro atoms. The summed E-state index contributed by atoms with van der Waals surface area (Å²) in [5.74, 6) is 2.08. The Hall–Kier alpha value is -3.96. The van der Waals surface area contributed by atoms with Crippen molar-refractivity contribution in [3.8, 4) is 17.4 Å². The van der Waals surface area contributed by atoms with Crippen molar-refractivity contribution in [1.82, 2.24) is 34.8 Å². The summed E-state index contributed by atoms with van der Waals surface area (Å²) >= 11 is 0. The van der Waals surface area contributed by atoms with E-state index >= 15 is 0 Å². The van der Waals surface area contributed by atoms with E-state index in [-0.39, 0.29) is 12.6 Å². The molecule has 1 unspecified atom stereocenters. The molecule has 3 aromatic heterocycles. The molecule has 3 N–H and O–H groups in total. The monoisotopic (exact) mass is 502 g/mol. The number of hydrogen-bond acceptors (Lipinski definition) is 9. The molecule has 0 radical (unpaired) electrons. The number of imidazole rings is 1. The van der Waals surface area contributed by atoms with E-state index in [0.29, 0.717) is 29.4 Å². The standard InChI is InChI=1S/C26H30N8O3/c1-26(15-33-24-23(20(14-27)28-16-29-24)31-25(33)34-11-5-10-30-34)13-19(32-37-26)17-8-9-21(35-2)22(12-17)36-18-6-3-4-7-18/h5,8-13,16,18,32H,3-4,6-7,14-15,27H2,1-2H3. The second kappa shape index (κ2) is 9.49. The normalized spacial score (nSPS) is 19.8. The maximum Gasteiger partial charge on any atom is 0.233 e. The third-order valence-electron chi connectivity index (χ3n) is 6.88. The molecular formula is C26H30N8O3. The number of fused-ring (bicyclic) bond motifs is 1. The Morgan fingerprint density at radius 3 is 2.84 bits per heavy atom. The molecule has 192 valence electrons. The zero-order chi connectivity index (χ0) is 25.4. The molecule has 11 heteroatoms. The molecular weight excluding hydrogens is 472 g/mol. The Balaban J connectivity index is 1.34. The van der Waals surface area contributed by atoms with Crippen molar-refractivity contribution in [3.63, 3.8) is 0 Å². The minimum Gasteiger partial charge on any atom is -0.493 e. The van der Waals surface area contributed by atoms with Crippen LogP contribution in [0.15, 0.2) is 49.1 Å². The average Bonchev–Trinajstić information content (AvgIpc) is 3.72. The molecule has 37 heavy (non-hydrogen) atoms. The van der Waals surface area contributed by atoms with Gasteiger partial charge >= 0.3 is 0 Å². The molecule has 6 rings (SSSR count). The number of hydroxylamine groups is 1. The summed E-state index contributed by atoms with van der Waals surface area (Å²) in [5, 5.41) is 4.38. The molecule has 1 aromatic carbocycles. The Morgan fingerprint density at radius 1 is 1.22 bits per heavy atom. The number of ether oxygens (including phenoxy) is 2. The number of nitrogens with one attached hydrogen (secondary N) is 1. The first kappa shape index (κ1) is 23.4. The van der Waals surface area contributed by atoms with Gasteiger partial charge < -0.3 is 15.2 Å². The predicted octanol–water partition coefficient (Wildman–Crippen LogP) is 3.14. The second-order valence-corrected chi connectivity index (χ2v) is 9.61. The van der Waals surface area contributed by atoms with Gasteiger partial charge in [-0.2, -0.15) is 5.10 Å². The zero-order valence-corrected chi connectivity index (χ0v) is 20.9. The lowest BCUT2D eigenvalue weighted by Gasteiger charge is -2.22. The zero-order valence-electron chi connectivity index (χ0n) is 20.9. The maximum absolute atomic E-state index is 6.29. The number of rotatable bonds is 8. The molecule has 2 aliphatic rings. The third-order valence-corrected chi connectivity index (χ3v) is 6.88. The van der Waals surface area contributed by atoms with E-state index in [9.17, 15) is 0 Å². The van der Waals surface area contributed by atoms with Gasteiger partial charge in [-0.25, -0.2) is 19.6 Å². The van der Waals surface area contributed by atoms with Crippen molar-refractivity contribution in [3.05, 3.63) is 60.3 Å². The highest BCUT2D eigenvalue weighted by atomic mass is 16.7. The maximum atomic E-state index is 6.29. The number of methoxy groups -OCH3 is 1. The van der Waals surface area contributed by atoms with Gasteiger partial charge in [-0.15, -0.1) is 0 Å². The molecule has 1 fully saturated rings. The van der Waals surface area contributed by atoms with Crippen molar-refractivity contribution in [2.75, 3.05) is 7.11 Å². The van der Waals surface area contributed by atoms with Crippen LogP contribution in [0.5, 0.6) is 11.5 Å². The fourth-order valence-electron chi connectivity index (χ4n) is 5.02. The molecule has 1 aliphatic carbocycles. The fourth-order valence-corrected chi connectivity index (χ4v) is 5.02. The van der Waals surface area contributed by atoms with Crippen LogP contribution >= 0.6 is 0 Å². The molecule has 0 bridgehead atoms. The first-order valence-electron chi connectivity index (χ1n) is 12.5. The average molecular weight is 503 g/mol. The number of nitrogens with zero attached hydrogens (tertiary/aromatic N) is 6. The molecule has 11 nitrogen and oxygen atoms in total. The number of hydrogen-bond donors (Lipinski definition) is 2. The summed E-state index contributed by atoms with van der Waals surface area (Å²) in [6.45, 7) is 2.70. The summed E-state index contributed by atoms with van der Waals surface area (Å²) in [4.78, 5) is 19.7. The fraction of sp³-hybridized carbons (Fsp3) is 0.385. The van der Waals surface area contributed by atoms with Gasteiger partial charge in [-0.3, -0.25) is 14.9 Å². The smallest absolute Gasteiger partial charge is 0.233 e. The lowest BCUT2D eigenvalue weighted by Crippen LogP contribution is -2.32. The van der Waals surface area contributed by atoms with Crippen LogP contribution < -0.4 is 20.7 Å². The van der Waals surface area contributed by atoms with E-state index < -0.39 is 5.60 Å². The first-order chi connectivity index (χ1) is 18.1. The van der Waals surface area contributed by atoms with E-state index in [1.54, 1.807) is 18.0 Å². The second-order valence-electron chi connectivity index (χ2n) is 9.61. The molecule has 1 saturated carbocycles. The van der Waals surface area contributed by atoms with E-state index in [0.717, 1.165) is 35.6 Å². The molecule has 0 saturated heterocycles. The summed E-state index contributed by atoms with van der Waals surface area (Å²) in [5.41, 5.74) is 12.1. The Kier molecular flexibility index (Phi) is 6.01. The van der Waals surface area contributed by atoms with Gasteiger partial charge in [0.15, 0.2) is 17.1 Å². The van der Waals surface area contributed by atoms with Gasteiger partial charge in [-0.1, -0.05) is 0 Å². The van der Waals surface area contributed by atoms with Crippen LogP contribution in [0.4, 0.5) is 0 Å². The van der Waals surface area contributed by atoms with Crippen LogP contribution in [-0.2, 0) is 17.9 Å². The number of benzene rings is 1. The van der Waals surface area contributed by atoms with E-state index in [4.69, 9.17) is 25.0 Å². The molecule has 0 amide bonds. The minimum atomic E-state index is -0.703. The molecule has 1 atom stereocenters. The van der Waals surface area contributed by atoms with Gasteiger partial charge in [0, 0.05) is 24.5 Å². The Bertz CT molecular complexity index is 1440. The van der Waals surface area contributed by atoms with E-state index in [2.05, 4.69) is 26.6 Å². The van der Waals surface area contributed by atoms with Crippen LogP contribution in [0.3, 0.4) is 0 Å².